The minimum Gasteiger partial charge on any atom is -0.497 e. The fraction of sp³-hybridized carbons (Fsp3) is 0.500. The fourth-order valence-corrected chi connectivity index (χ4v) is 3.92. The van der Waals surface area contributed by atoms with E-state index in [2.05, 4.69) is 4.90 Å². The summed E-state index contributed by atoms with van der Waals surface area (Å²) in [5.41, 5.74) is 0. The number of hydrogen-bond acceptors (Lipinski definition) is 4. The van der Waals surface area contributed by atoms with Gasteiger partial charge < -0.3 is 9.64 Å². The highest BCUT2D eigenvalue weighted by Gasteiger charge is 2.29. The Bertz CT molecular complexity index is 554. The minimum absolute atomic E-state index is 0.138. The van der Waals surface area contributed by atoms with E-state index in [-0.39, 0.29) is 9.92 Å². The third kappa shape index (κ3) is 3.02. The van der Waals surface area contributed by atoms with Crippen molar-refractivity contribution in [1.82, 2.24) is 9.21 Å². The van der Waals surface area contributed by atoms with Crippen molar-refractivity contribution in [3.05, 3.63) is 23.2 Å². The number of likely N-dealkylation sites (N-methyl/N-ethyl adjacent to an activating group) is 1. The van der Waals surface area contributed by atoms with Crippen LogP contribution in [-0.4, -0.2) is 58.0 Å². The lowest BCUT2D eigenvalue weighted by Gasteiger charge is -2.31. The quantitative estimate of drug-likeness (QED) is 0.844. The molecule has 2 rings (SSSR count). The molecular formula is C12H17ClN2O3S. The van der Waals surface area contributed by atoms with E-state index in [1.807, 2.05) is 7.05 Å². The number of piperazine rings is 1. The van der Waals surface area contributed by atoms with E-state index in [9.17, 15) is 8.42 Å². The molecule has 0 saturated carbocycles. The van der Waals surface area contributed by atoms with Gasteiger partial charge in [0.25, 0.3) is 0 Å². The summed E-state index contributed by atoms with van der Waals surface area (Å²) in [6.45, 7) is 2.43. The summed E-state index contributed by atoms with van der Waals surface area (Å²) in [6.07, 6.45) is 0. The van der Waals surface area contributed by atoms with E-state index in [1.165, 1.54) is 23.5 Å². The number of sulfonamides is 1. The second kappa shape index (κ2) is 5.66. The second-order valence-electron chi connectivity index (χ2n) is 4.50. The number of halogens is 1. The Hall–Kier alpha value is -0.820. The molecule has 1 aromatic rings. The molecule has 0 N–H and O–H groups in total. The topological polar surface area (TPSA) is 49.9 Å². The van der Waals surface area contributed by atoms with E-state index < -0.39 is 10.0 Å². The highest BCUT2D eigenvalue weighted by Crippen LogP contribution is 2.28. The average Bonchev–Trinajstić information content (AvgIpc) is 2.38. The lowest BCUT2D eigenvalue weighted by atomic mass is 10.3. The zero-order valence-electron chi connectivity index (χ0n) is 11.0. The monoisotopic (exact) mass is 304 g/mol. The SMILES string of the molecule is COc1ccc(S(=O)(=O)N2CCN(C)CC2)c(Cl)c1. The van der Waals surface area contributed by atoms with Crippen LogP contribution < -0.4 is 4.74 Å². The van der Waals surface area contributed by atoms with Gasteiger partial charge in [0.2, 0.25) is 10.0 Å². The maximum atomic E-state index is 12.5. The average molecular weight is 305 g/mol. The molecule has 0 aliphatic carbocycles. The van der Waals surface area contributed by atoms with Gasteiger partial charge in [0, 0.05) is 32.2 Å². The lowest BCUT2D eigenvalue weighted by molar-refractivity contribution is 0.222. The number of benzene rings is 1. The first-order valence-electron chi connectivity index (χ1n) is 5.97. The van der Waals surface area contributed by atoms with Crippen molar-refractivity contribution >= 4 is 21.6 Å². The molecule has 7 heteroatoms. The zero-order chi connectivity index (χ0) is 14.0. The summed E-state index contributed by atoms with van der Waals surface area (Å²) < 4.78 is 31.5. The third-order valence-electron chi connectivity index (χ3n) is 3.22. The lowest BCUT2D eigenvalue weighted by Crippen LogP contribution is -2.47. The van der Waals surface area contributed by atoms with Gasteiger partial charge in [-0.2, -0.15) is 4.31 Å². The summed E-state index contributed by atoms with van der Waals surface area (Å²) in [5.74, 6) is 0.544. The van der Waals surface area contributed by atoms with E-state index in [0.717, 1.165) is 13.1 Å². The Morgan fingerprint density at radius 1 is 1.21 bits per heavy atom. The smallest absolute Gasteiger partial charge is 0.244 e. The van der Waals surface area contributed by atoms with Crippen LogP contribution in [0, 0.1) is 0 Å². The molecule has 19 heavy (non-hydrogen) atoms. The van der Waals surface area contributed by atoms with E-state index >= 15 is 0 Å². The Morgan fingerprint density at radius 2 is 1.84 bits per heavy atom. The van der Waals surface area contributed by atoms with Gasteiger partial charge >= 0.3 is 0 Å². The van der Waals surface area contributed by atoms with Crippen molar-refractivity contribution in [2.45, 2.75) is 4.90 Å². The molecule has 0 radical (unpaired) electrons. The normalized spacial score (nSPS) is 18.5. The number of hydrogen-bond donors (Lipinski definition) is 0. The van der Waals surface area contributed by atoms with E-state index in [0.29, 0.717) is 18.8 Å². The first-order chi connectivity index (χ1) is 8.95. The molecule has 1 aliphatic heterocycles. The first-order valence-corrected chi connectivity index (χ1v) is 7.79. The first kappa shape index (κ1) is 14.6. The van der Waals surface area contributed by atoms with Crippen LogP contribution in [0.4, 0.5) is 0 Å². The molecule has 1 aromatic carbocycles. The maximum absolute atomic E-state index is 12.5. The molecule has 5 nitrogen and oxygen atoms in total. The van der Waals surface area contributed by atoms with Crippen molar-refractivity contribution in [2.75, 3.05) is 40.3 Å². The van der Waals surface area contributed by atoms with Crippen LogP contribution in [0.3, 0.4) is 0 Å². The van der Waals surface area contributed by atoms with Gasteiger partial charge in [-0.1, -0.05) is 11.6 Å². The molecule has 1 aliphatic rings. The Morgan fingerprint density at radius 3 is 2.37 bits per heavy atom. The van der Waals surface area contributed by atoms with Crippen molar-refractivity contribution in [1.29, 1.82) is 0 Å². The van der Waals surface area contributed by atoms with Crippen molar-refractivity contribution < 1.29 is 13.2 Å². The van der Waals surface area contributed by atoms with Gasteiger partial charge in [0.15, 0.2) is 0 Å². The summed E-state index contributed by atoms with van der Waals surface area (Å²) in [5, 5.41) is 0.193. The van der Waals surface area contributed by atoms with Crippen LogP contribution in [-0.2, 0) is 10.0 Å². The summed E-state index contributed by atoms with van der Waals surface area (Å²) in [4.78, 5) is 2.24. The standard InChI is InChI=1S/C12H17ClN2O3S/c1-14-5-7-15(8-6-14)19(16,17)12-4-3-10(18-2)9-11(12)13/h3-4,9H,5-8H2,1-2H3. The molecule has 0 amide bonds. The highest BCUT2D eigenvalue weighted by atomic mass is 35.5. The molecular weight excluding hydrogens is 288 g/mol. The molecule has 0 bridgehead atoms. The second-order valence-corrected chi connectivity index (χ2v) is 6.82. The number of rotatable bonds is 3. The summed E-state index contributed by atoms with van der Waals surface area (Å²) in [6, 6.07) is 4.62. The molecule has 1 heterocycles. The zero-order valence-corrected chi connectivity index (χ0v) is 12.5. The van der Waals surface area contributed by atoms with Gasteiger partial charge in [0.05, 0.1) is 12.1 Å². The van der Waals surface area contributed by atoms with Gasteiger partial charge in [-0.25, -0.2) is 8.42 Å². The van der Waals surface area contributed by atoms with Gasteiger partial charge in [-0.05, 0) is 19.2 Å². The molecule has 0 unspecified atom stereocenters. The van der Waals surface area contributed by atoms with Crippen molar-refractivity contribution in [2.24, 2.45) is 0 Å². The molecule has 0 aromatic heterocycles. The minimum atomic E-state index is -3.52. The highest BCUT2D eigenvalue weighted by molar-refractivity contribution is 7.89. The molecule has 1 fully saturated rings. The number of methoxy groups -OCH3 is 1. The van der Waals surface area contributed by atoms with E-state index in [4.69, 9.17) is 16.3 Å². The van der Waals surface area contributed by atoms with E-state index in [1.54, 1.807) is 6.07 Å². The Labute approximate surface area is 118 Å². The van der Waals surface area contributed by atoms with Crippen LogP contribution in [0.1, 0.15) is 0 Å². The van der Waals surface area contributed by atoms with Crippen molar-refractivity contribution in [3.63, 3.8) is 0 Å². The number of nitrogens with zero attached hydrogens (tertiary/aromatic N) is 2. The molecule has 106 valence electrons. The number of ether oxygens (including phenoxy) is 1. The van der Waals surface area contributed by atoms with Crippen LogP contribution in [0.2, 0.25) is 5.02 Å². The molecule has 1 saturated heterocycles. The predicted molar refractivity (Wildman–Crippen MR) is 74.3 cm³/mol. The summed E-state index contributed by atoms with van der Waals surface area (Å²) in [7, 11) is -0.0312. The van der Waals surface area contributed by atoms with Gasteiger partial charge in [0.1, 0.15) is 10.6 Å². The van der Waals surface area contributed by atoms with Gasteiger partial charge in [-0.15, -0.1) is 0 Å². The van der Waals surface area contributed by atoms with Crippen LogP contribution in [0.15, 0.2) is 23.1 Å². The van der Waals surface area contributed by atoms with Crippen LogP contribution in [0.5, 0.6) is 5.75 Å². The van der Waals surface area contributed by atoms with Crippen LogP contribution in [0.25, 0.3) is 0 Å². The summed E-state index contributed by atoms with van der Waals surface area (Å²) >= 11 is 6.04. The molecule has 0 spiro atoms. The molecule has 0 atom stereocenters. The van der Waals surface area contributed by atoms with Gasteiger partial charge in [-0.3, -0.25) is 0 Å². The fourth-order valence-electron chi connectivity index (χ4n) is 1.99. The largest absolute Gasteiger partial charge is 0.497 e. The predicted octanol–water partition coefficient (Wildman–Crippen LogP) is 1.28. The maximum Gasteiger partial charge on any atom is 0.244 e. The third-order valence-corrected chi connectivity index (χ3v) is 5.60. The van der Waals surface area contributed by atoms with Crippen LogP contribution >= 0.6 is 11.6 Å². The Balaban J connectivity index is 2.29. The Kier molecular flexibility index (Phi) is 4.35. The van der Waals surface area contributed by atoms with Crippen molar-refractivity contribution in [3.8, 4) is 5.75 Å².